The van der Waals surface area contributed by atoms with Gasteiger partial charge in [-0.3, -0.25) is 0 Å². The maximum atomic E-state index is 5.85. The number of hydrogen-bond acceptors (Lipinski definition) is 8. The minimum atomic E-state index is 0.395. The second-order valence-electron chi connectivity index (χ2n) is 5.87. The lowest BCUT2D eigenvalue weighted by molar-refractivity contribution is 0.284. The first kappa shape index (κ1) is 20.4. The first-order valence-electron chi connectivity index (χ1n) is 8.61. The number of aromatic nitrogens is 5. The summed E-state index contributed by atoms with van der Waals surface area (Å²) in [7, 11) is 3.46. The molecule has 0 spiro atoms. The summed E-state index contributed by atoms with van der Waals surface area (Å²) in [5, 5.41) is 16.0. The number of hydrogen-bond donors (Lipinski definition) is 1. The standard InChI is InChI=1S/C18H21ClN6O2S/c1-25-18(22-23-24-25)28-8-7-20-10-13-3-5-15(16(9-13)26-2)27-12-14-4-6-17(19)21-11-14/h3-6,9,11,20H,7-8,10,12H2,1-2H3. The number of thioether (sulfide) groups is 1. The van der Waals surface area contributed by atoms with Gasteiger partial charge in [0.15, 0.2) is 11.5 Å². The molecule has 2 heterocycles. The molecule has 0 aliphatic carbocycles. The zero-order valence-electron chi connectivity index (χ0n) is 15.6. The summed E-state index contributed by atoms with van der Waals surface area (Å²) in [6.45, 7) is 1.96. The first-order valence-corrected chi connectivity index (χ1v) is 9.98. The third-order valence-corrected chi connectivity index (χ3v) is 5.07. The summed E-state index contributed by atoms with van der Waals surface area (Å²) in [6.07, 6.45) is 1.70. The molecule has 28 heavy (non-hydrogen) atoms. The van der Waals surface area contributed by atoms with Crippen molar-refractivity contribution >= 4 is 23.4 Å². The molecule has 0 aliphatic heterocycles. The second-order valence-corrected chi connectivity index (χ2v) is 7.32. The van der Waals surface area contributed by atoms with E-state index in [9.17, 15) is 0 Å². The van der Waals surface area contributed by atoms with Crippen molar-refractivity contribution in [2.45, 2.75) is 18.3 Å². The lowest BCUT2D eigenvalue weighted by Crippen LogP contribution is -2.16. The smallest absolute Gasteiger partial charge is 0.209 e. The van der Waals surface area contributed by atoms with E-state index in [1.165, 1.54) is 0 Å². The minimum absolute atomic E-state index is 0.395. The molecule has 0 unspecified atom stereocenters. The highest BCUT2D eigenvalue weighted by Crippen LogP contribution is 2.29. The van der Waals surface area contributed by atoms with Crippen LogP contribution in [-0.2, 0) is 20.2 Å². The molecule has 0 saturated heterocycles. The van der Waals surface area contributed by atoms with Crippen LogP contribution in [0.2, 0.25) is 5.15 Å². The Bertz CT molecular complexity index is 890. The van der Waals surface area contributed by atoms with Gasteiger partial charge in [-0.25, -0.2) is 9.67 Å². The minimum Gasteiger partial charge on any atom is -0.493 e. The zero-order chi connectivity index (χ0) is 19.8. The van der Waals surface area contributed by atoms with Crippen molar-refractivity contribution in [2.24, 2.45) is 7.05 Å². The molecule has 0 saturated carbocycles. The van der Waals surface area contributed by atoms with Crippen LogP contribution in [0.5, 0.6) is 11.5 Å². The van der Waals surface area contributed by atoms with Crippen molar-refractivity contribution in [2.75, 3.05) is 19.4 Å². The lowest BCUT2D eigenvalue weighted by atomic mass is 10.2. The van der Waals surface area contributed by atoms with Crippen LogP contribution < -0.4 is 14.8 Å². The summed E-state index contributed by atoms with van der Waals surface area (Å²) < 4.78 is 13.0. The van der Waals surface area contributed by atoms with Gasteiger partial charge in [0.2, 0.25) is 5.16 Å². The molecule has 0 bridgehead atoms. The number of halogens is 1. The fourth-order valence-electron chi connectivity index (χ4n) is 2.38. The Hall–Kier alpha value is -2.36. The zero-order valence-corrected chi connectivity index (χ0v) is 17.2. The van der Waals surface area contributed by atoms with Crippen LogP contribution in [0.1, 0.15) is 11.1 Å². The van der Waals surface area contributed by atoms with Crippen LogP contribution in [0.15, 0.2) is 41.7 Å². The first-order chi connectivity index (χ1) is 13.7. The third-order valence-electron chi connectivity index (χ3n) is 3.83. The Balaban J connectivity index is 1.46. The van der Waals surface area contributed by atoms with E-state index in [2.05, 4.69) is 25.8 Å². The average Bonchev–Trinajstić information content (AvgIpc) is 3.12. The van der Waals surface area contributed by atoms with Crippen LogP contribution in [0.3, 0.4) is 0 Å². The van der Waals surface area contributed by atoms with E-state index >= 15 is 0 Å². The molecule has 1 N–H and O–H groups in total. The molecular weight excluding hydrogens is 400 g/mol. The molecule has 2 aromatic heterocycles. The highest BCUT2D eigenvalue weighted by atomic mass is 35.5. The Labute approximate surface area is 172 Å². The molecule has 3 rings (SSSR count). The fraction of sp³-hybridized carbons (Fsp3) is 0.333. The summed E-state index contributed by atoms with van der Waals surface area (Å²) in [4.78, 5) is 4.05. The number of nitrogens with zero attached hydrogens (tertiary/aromatic N) is 5. The Morgan fingerprint density at radius 3 is 2.75 bits per heavy atom. The second kappa shape index (κ2) is 10.3. The largest absolute Gasteiger partial charge is 0.493 e. The number of ether oxygens (including phenoxy) is 2. The number of aryl methyl sites for hydroxylation is 1. The lowest BCUT2D eigenvalue weighted by Gasteiger charge is -2.12. The molecule has 148 valence electrons. The number of nitrogens with one attached hydrogen (secondary N) is 1. The topological polar surface area (TPSA) is 87.0 Å². The molecule has 0 fully saturated rings. The van der Waals surface area contributed by atoms with Crippen LogP contribution >= 0.6 is 23.4 Å². The van der Waals surface area contributed by atoms with E-state index in [4.69, 9.17) is 21.1 Å². The number of benzene rings is 1. The van der Waals surface area contributed by atoms with Gasteiger partial charge in [-0.15, -0.1) is 5.10 Å². The van der Waals surface area contributed by atoms with Gasteiger partial charge >= 0.3 is 0 Å². The van der Waals surface area contributed by atoms with Gasteiger partial charge < -0.3 is 14.8 Å². The van der Waals surface area contributed by atoms with Gasteiger partial charge in [0.1, 0.15) is 11.8 Å². The number of pyridine rings is 1. The van der Waals surface area contributed by atoms with Gasteiger partial charge in [-0.2, -0.15) is 0 Å². The predicted molar refractivity (Wildman–Crippen MR) is 108 cm³/mol. The molecular formula is C18H21ClN6O2S. The summed E-state index contributed by atoms with van der Waals surface area (Å²) >= 11 is 7.41. The highest BCUT2D eigenvalue weighted by Gasteiger charge is 2.07. The van der Waals surface area contributed by atoms with Crippen molar-refractivity contribution in [1.29, 1.82) is 0 Å². The SMILES string of the molecule is COc1cc(CNCCSc2nnnn2C)ccc1OCc1ccc(Cl)nc1. The average molecular weight is 421 g/mol. The molecule has 1 aromatic carbocycles. The maximum Gasteiger partial charge on any atom is 0.209 e. The Morgan fingerprint density at radius 1 is 1.18 bits per heavy atom. The van der Waals surface area contributed by atoms with E-state index in [1.807, 2.05) is 31.3 Å². The van der Waals surface area contributed by atoms with E-state index in [0.717, 1.165) is 35.1 Å². The van der Waals surface area contributed by atoms with E-state index in [0.29, 0.717) is 23.3 Å². The fourth-order valence-corrected chi connectivity index (χ4v) is 3.24. The maximum absolute atomic E-state index is 5.85. The van der Waals surface area contributed by atoms with Crippen molar-refractivity contribution in [3.63, 3.8) is 0 Å². The normalized spacial score (nSPS) is 10.8. The molecule has 0 atom stereocenters. The summed E-state index contributed by atoms with van der Waals surface area (Å²) in [5.74, 6) is 2.26. The molecule has 0 amide bonds. The van der Waals surface area contributed by atoms with Crippen molar-refractivity contribution in [3.8, 4) is 11.5 Å². The van der Waals surface area contributed by atoms with Gasteiger partial charge in [-0.1, -0.05) is 35.5 Å². The molecule has 8 nitrogen and oxygen atoms in total. The van der Waals surface area contributed by atoms with Crippen LogP contribution in [-0.4, -0.2) is 44.6 Å². The van der Waals surface area contributed by atoms with E-state index < -0.39 is 0 Å². The predicted octanol–water partition coefficient (Wildman–Crippen LogP) is 2.73. The van der Waals surface area contributed by atoms with Gasteiger partial charge in [0, 0.05) is 37.7 Å². The van der Waals surface area contributed by atoms with Gasteiger partial charge in [0.05, 0.1) is 7.11 Å². The summed E-state index contributed by atoms with van der Waals surface area (Å²) in [5.41, 5.74) is 2.05. The molecule has 3 aromatic rings. The third kappa shape index (κ3) is 5.82. The van der Waals surface area contributed by atoms with Gasteiger partial charge in [0.25, 0.3) is 0 Å². The highest BCUT2D eigenvalue weighted by molar-refractivity contribution is 7.99. The molecule has 0 aliphatic rings. The van der Waals surface area contributed by atoms with Crippen LogP contribution in [0, 0.1) is 0 Å². The Kier molecular flexibility index (Phi) is 7.46. The quantitative estimate of drug-likeness (QED) is 0.304. The number of tetrazole rings is 1. The van der Waals surface area contributed by atoms with Gasteiger partial charge in [-0.05, 0) is 34.2 Å². The van der Waals surface area contributed by atoms with E-state index in [1.54, 1.807) is 35.8 Å². The van der Waals surface area contributed by atoms with Crippen molar-refractivity contribution in [3.05, 3.63) is 52.8 Å². The van der Waals surface area contributed by atoms with Crippen LogP contribution in [0.25, 0.3) is 0 Å². The Morgan fingerprint density at radius 2 is 2.04 bits per heavy atom. The van der Waals surface area contributed by atoms with Crippen molar-refractivity contribution < 1.29 is 9.47 Å². The van der Waals surface area contributed by atoms with E-state index in [-0.39, 0.29) is 0 Å². The number of rotatable bonds is 10. The molecule has 10 heteroatoms. The summed E-state index contributed by atoms with van der Waals surface area (Å²) in [6, 6.07) is 9.53. The molecule has 0 radical (unpaired) electrons. The van der Waals surface area contributed by atoms with Crippen LogP contribution in [0.4, 0.5) is 0 Å². The monoisotopic (exact) mass is 420 g/mol. The number of methoxy groups -OCH3 is 1. The van der Waals surface area contributed by atoms with Crippen molar-refractivity contribution in [1.82, 2.24) is 30.5 Å².